The van der Waals surface area contributed by atoms with Gasteiger partial charge in [-0.25, -0.2) is 17.2 Å². The average Bonchev–Trinajstić information content (AvgIpc) is 3.19. The molecule has 0 saturated carbocycles. The minimum Gasteiger partial charge on any atom is -0.346 e. The molecule has 166 valence electrons. The second kappa shape index (κ2) is 9.11. The molecule has 2 N–H and O–H groups in total. The second-order valence-electron chi connectivity index (χ2n) is 7.47. The molecular weight excluding hydrogens is 428 g/mol. The van der Waals surface area contributed by atoms with Gasteiger partial charge in [-0.1, -0.05) is 12.1 Å². The minimum atomic E-state index is -3.77. The molecule has 1 fully saturated rings. The molecule has 10 heteroatoms. The second-order valence-corrected chi connectivity index (χ2v) is 9.33. The zero-order valence-electron chi connectivity index (χ0n) is 17.1. The number of hydrogen-bond acceptors (Lipinski definition) is 4. The van der Waals surface area contributed by atoms with Crippen molar-refractivity contribution in [1.82, 2.24) is 9.62 Å². The third-order valence-electron chi connectivity index (χ3n) is 5.14. The summed E-state index contributed by atoms with van der Waals surface area (Å²) in [6.45, 7) is 3.77. The predicted molar refractivity (Wildman–Crippen MR) is 111 cm³/mol. The molecule has 0 spiro atoms. The number of carbonyl (C=O) groups is 2. The Balaban J connectivity index is 1.66. The van der Waals surface area contributed by atoms with Gasteiger partial charge in [-0.3, -0.25) is 9.59 Å². The lowest BCUT2D eigenvalue weighted by Crippen LogP contribution is -2.45. The van der Waals surface area contributed by atoms with Crippen molar-refractivity contribution in [3.8, 4) is 0 Å². The lowest BCUT2D eigenvalue weighted by Gasteiger charge is -2.25. The fourth-order valence-electron chi connectivity index (χ4n) is 3.50. The number of amides is 2. The smallest absolute Gasteiger partial charge is 0.313 e. The fourth-order valence-corrected chi connectivity index (χ4v) is 5.51. The van der Waals surface area contributed by atoms with Crippen molar-refractivity contribution in [1.29, 1.82) is 0 Å². The van der Waals surface area contributed by atoms with Crippen molar-refractivity contribution in [3.63, 3.8) is 0 Å². The standard InChI is InChI=1S/C21H23F2N3O4S/c1-13-5-6-14(2)19(10-13)31(29,30)26-9-3-4-16(26)12-24-20(27)21(28)25-18-8-7-15(22)11-17(18)23/h5-8,10-11,16H,3-4,9,12H2,1-2H3,(H,24,27)(H,25,28)/t16-/m0/s1. The first-order valence-electron chi connectivity index (χ1n) is 9.73. The molecule has 1 aliphatic heterocycles. The van der Waals surface area contributed by atoms with Crippen molar-refractivity contribution in [3.05, 3.63) is 59.2 Å². The van der Waals surface area contributed by atoms with E-state index in [2.05, 4.69) is 10.6 Å². The van der Waals surface area contributed by atoms with Gasteiger partial charge in [0.1, 0.15) is 11.6 Å². The summed E-state index contributed by atoms with van der Waals surface area (Å²) in [4.78, 5) is 24.4. The fraction of sp³-hybridized carbons (Fsp3) is 0.333. The maximum atomic E-state index is 13.7. The van der Waals surface area contributed by atoms with E-state index in [0.717, 1.165) is 17.7 Å². The Hall–Kier alpha value is -2.85. The maximum Gasteiger partial charge on any atom is 0.313 e. The summed E-state index contributed by atoms with van der Waals surface area (Å²) in [6, 6.07) is 7.22. The van der Waals surface area contributed by atoms with E-state index < -0.39 is 39.5 Å². The molecular formula is C21H23F2N3O4S. The predicted octanol–water partition coefficient (Wildman–Crippen LogP) is 2.49. The normalized spacial score (nSPS) is 16.8. The van der Waals surface area contributed by atoms with Gasteiger partial charge in [0, 0.05) is 25.2 Å². The van der Waals surface area contributed by atoms with Crippen molar-refractivity contribution < 1.29 is 26.8 Å². The topological polar surface area (TPSA) is 95.6 Å². The highest BCUT2D eigenvalue weighted by Gasteiger charge is 2.36. The van der Waals surface area contributed by atoms with Crippen LogP contribution in [0.4, 0.5) is 14.5 Å². The third-order valence-corrected chi connectivity index (χ3v) is 7.23. The van der Waals surface area contributed by atoms with Gasteiger partial charge in [0.25, 0.3) is 0 Å². The summed E-state index contributed by atoms with van der Waals surface area (Å²) in [7, 11) is -3.77. The van der Waals surface area contributed by atoms with Gasteiger partial charge in [-0.2, -0.15) is 4.31 Å². The lowest BCUT2D eigenvalue weighted by atomic mass is 10.2. The molecule has 1 atom stereocenters. The minimum absolute atomic E-state index is 0.0672. The molecule has 2 amide bonds. The Morgan fingerprint density at radius 3 is 2.55 bits per heavy atom. The number of nitrogens with zero attached hydrogens (tertiary/aromatic N) is 1. The van der Waals surface area contributed by atoms with Crippen molar-refractivity contribution in [2.45, 2.75) is 37.6 Å². The van der Waals surface area contributed by atoms with Crippen LogP contribution in [0.1, 0.15) is 24.0 Å². The van der Waals surface area contributed by atoms with E-state index in [1.807, 2.05) is 13.0 Å². The van der Waals surface area contributed by atoms with Crippen LogP contribution < -0.4 is 10.6 Å². The monoisotopic (exact) mass is 451 g/mol. The van der Waals surface area contributed by atoms with Gasteiger partial charge in [0.15, 0.2) is 0 Å². The van der Waals surface area contributed by atoms with Crippen LogP contribution in [-0.2, 0) is 19.6 Å². The zero-order chi connectivity index (χ0) is 22.8. The number of halogens is 2. The number of carbonyl (C=O) groups excluding carboxylic acids is 2. The van der Waals surface area contributed by atoms with E-state index in [1.165, 1.54) is 4.31 Å². The van der Waals surface area contributed by atoms with Gasteiger partial charge >= 0.3 is 11.8 Å². The lowest BCUT2D eigenvalue weighted by molar-refractivity contribution is -0.136. The summed E-state index contributed by atoms with van der Waals surface area (Å²) in [5.41, 5.74) is 1.11. The number of rotatable bonds is 5. The van der Waals surface area contributed by atoms with Crippen LogP contribution in [-0.4, -0.2) is 43.7 Å². The van der Waals surface area contributed by atoms with Gasteiger partial charge in [-0.05, 0) is 56.0 Å². The molecule has 0 aliphatic carbocycles. The summed E-state index contributed by atoms with van der Waals surface area (Å²) < 4.78 is 54.3. The Morgan fingerprint density at radius 1 is 1.10 bits per heavy atom. The number of anilines is 1. The van der Waals surface area contributed by atoms with Gasteiger partial charge < -0.3 is 10.6 Å². The molecule has 31 heavy (non-hydrogen) atoms. The molecule has 1 aliphatic rings. The van der Waals surface area contributed by atoms with Gasteiger partial charge in [0.05, 0.1) is 10.6 Å². The highest BCUT2D eigenvalue weighted by molar-refractivity contribution is 7.89. The van der Waals surface area contributed by atoms with Crippen LogP contribution in [0.3, 0.4) is 0 Å². The quantitative estimate of drug-likeness (QED) is 0.683. The molecule has 3 rings (SSSR count). The first-order valence-corrected chi connectivity index (χ1v) is 11.2. The molecule has 0 aromatic heterocycles. The van der Waals surface area contributed by atoms with E-state index >= 15 is 0 Å². The van der Waals surface area contributed by atoms with Gasteiger partial charge in [-0.15, -0.1) is 0 Å². The van der Waals surface area contributed by atoms with E-state index in [0.29, 0.717) is 31.0 Å². The largest absolute Gasteiger partial charge is 0.346 e. The Labute approximate surface area is 179 Å². The maximum absolute atomic E-state index is 13.7. The number of hydrogen-bond donors (Lipinski definition) is 2. The Bertz CT molecular complexity index is 1120. The van der Waals surface area contributed by atoms with Crippen LogP contribution in [0, 0.1) is 25.5 Å². The summed E-state index contributed by atoms with van der Waals surface area (Å²) >= 11 is 0. The zero-order valence-corrected chi connectivity index (χ0v) is 17.9. The van der Waals surface area contributed by atoms with E-state index in [1.54, 1.807) is 19.1 Å². The number of aryl methyl sites for hydroxylation is 2. The summed E-state index contributed by atoms with van der Waals surface area (Å²) in [5, 5.41) is 4.47. The molecule has 0 unspecified atom stereocenters. The number of nitrogens with one attached hydrogen (secondary N) is 2. The highest BCUT2D eigenvalue weighted by atomic mass is 32.2. The number of sulfonamides is 1. The van der Waals surface area contributed by atoms with Crippen LogP contribution in [0.2, 0.25) is 0 Å². The van der Waals surface area contributed by atoms with E-state index in [-0.39, 0.29) is 17.1 Å². The summed E-state index contributed by atoms with van der Waals surface area (Å²) in [6.07, 6.45) is 1.15. The van der Waals surface area contributed by atoms with Crippen LogP contribution >= 0.6 is 0 Å². The third kappa shape index (κ3) is 5.08. The molecule has 2 aromatic carbocycles. The van der Waals surface area contributed by atoms with Crippen molar-refractivity contribution in [2.24, 2.45) is 0 Å². The molecule has 1 saturated heterocycles. The Morgan fingerprint density at radius 2 is 1.84 bits per heavy atom. The van der Waals surface area contributed by atoms with E-state index in [4.69, 9.17) is 0 Å². The molecule has 0 bridgehead atoms. The van der Waals surface area contributed by atoms with Gasteiger partial charge in [0.2, 0.25) is 10.0 Å². The Kier molecular flexibility index (Phi) is 6.71. The van der Waals surface area contributed by atoms with Crippen molar-refractivity contribution >= 4 is 27.5 Å². The summed E-state index contributed by atoms with van der Waals surface area (Å²) in [5.74, 6) is -4.00. The SMILES string of the molecule is Cc1ccc(C)c(S(=O)(=O)N2CCC[C@H]2CNC(=O)C(=O)Nc2ccc(F)cc2F)c1. The average molecular weight is 451 g/mol. The highest BCUT2D eigenvalue weighted by Crippen LogP contribution is 2.28. The first kappa shape index (κ1) is 22.8. The van der Waals surface area contributed by atoms with E-state index in [9.17, 15) is 26.8 Å². The number of benzene rings is 2. The van der Waals surface area contributed by atoms with Crippen molar-refractivity contribution in [2.75, 3.05) is 18.4 Å². The van der Waals surface area contributed by atoms with Crippen LogP contribution in [0.5, 0.6) is 0 Å². The molecule has 1 heterocycles. The molecule has 0 radical (unpaired) electrons. The van der Waals surface area contributed by atoms with Crippen LogP contribution in [0.25, 0.3) is 0 Å². The van der Waals surface area contributed by atoms with Crippen LogP contribution in [0.15, 0.2) is 41.3 Å². The first-order chi connectivity index (χ1) is 14.6. The molecule has 7 nitrogen and oxygen atoms in total. The molecule has 2 aromatic rings.